The van der Waals surface area contributed by atoms with Crippen molar-refractivity contribution in [1.29, 1.82) is 0 Å². The Hall–Kier alpha value is -2.15. The van der Waals surface area contributed by atoms with Gasteiger partial charge in [0.15, 0.2) is 5.78 Å². The Morgan fingerprint density at radius 1 is 1.37 bits per heavy atom. The number of nitrogens with one attached hydrogen (secondary N) is 3. The zero-order chi connectivity index (χ0) is 13.8. The number of carbonyl (C=O) groups excluding carboxylic acids is 3. The van der Waals surface area contributed by atoms with Crippen molar-refractivity contribution in [2.75, 3.05) is 6.61 Å². The summed E-state index contributed by atoms with van der Waals surface area (Å²) in [5.41, 5.74) is 5.18. The minimum Gasteiger partial charge on any atom is -0.368 e. The Bertz CT molecular complexity index is 503. The Morgan fingerprint density at radius 2 is 2.16 bits per heavy atom. The van der Waals surface area contributed by atoms with Crippen LogP contribution in [0.25, 0.3) is 0 Å². The Kier molecular flexibility index (Phi) is 3.96. The third kappa shape index (κ3) is 3.19. The van der Waals surface area contributed by atoms with Gasteiger partial charge in [-0.2, -0.15) is 0 Å². The highest BCUT2D eigenvalue weighted by molar-refractivity contribution is 5.99. The number of hydrogen-bond acceptors (Lipinski definition) is 4. The largest absolute Gasteiger partial charge is 0.368 e. The number of ketones is 1. The fourth-order valence-electron chi connectivity index (χ4n) is 1.78. The van der Waals surface area contributed by atoms with Crippen molar-refractivity contribution in [3.63, 3.8) is 0 Å². The summed E-state index contributed by atoms with van der Waals surface area (Å²) in [7, 11) is 0. The second kappa shape index (κ2) is 5.66. The summed E-state index contributed by atoms with van der Waals surface area (Å²) < 4.78 is 5.17. The average molecular weight is 265 g/mol. The minimum absolute atomic E-state index is 0.140. The molecule has 7 nitrogen and oxygen atoms in total. The SMILES string of the molecule is CC(=O)c1c[nH]c(C(=O)NNC(=O)C2CCCO2)c1. The molecule has 1 aliphatic rings. The molecule has 19 heavy (non-hydrogen) atoms. The van der Waals surface area contributed by atoms with Crippen LogP contribution in [0.5, 0.6) is 0 Å². The molecule has 7 heteroatoms. The summed E-state index contributed by atoms with van der Waals surface area (Å²) in [6, 6.07) is 1.43. The van der Waals surface area contributed by atoms with E-state index in [9.17, 15) is 14.4 Å². The number of carbonyl (C=O) groups is 3. The van der Waals surface area contributed by atoms with Crippen LogP contribution in [0.15, 0.2) is 12.3 Å². The fraction of sp³-hybridized carbons (Fsp3) is 0.417. The Morgan fingerprint density at radius 3 is 2.74 bits per heavy atom. The highest BCUT2D eigenvalue weighted by Gasteiger charge is 2.24. The first kappa shape index (κ1) is 13.3. The zero-order valence-electron chi connectivity index (χ0n) is 10.5. The molecule has 2 rings (SSSR count). The van der Waals surface area contributed by atoms with Crippen molar-refractivity contribution >= 4 is 17.6 Å². The van der Waals surface area contributed by atoms with E-state index in [1.54, 1.807) is 0 Å². The lowest BCUT2D eigenvalue weighted by molar-refractivity contribution is -0.130. The number of hydrogen-bond donors (Lipinski definition) is 3. The molecule has 3 N–H and O–H groups in total. The van der Waals surface area contributed by atoms with E-state index in [1.165, 1.54) is 19.2 Å². The van der Waals surface area contributed by atoms with Gasteiger partial charge in [0.2, 0.25) is 0 Å². The second-order valence-corrected chi connectivity index (χ2v) is 4.30. The van der Waals surface area contributed by atoms with Gasteiger partial charge in [-0.1, -0.05) is 0 Å². The van der Waals surface area contributed by atoms with Gasteiger partial charge in [-0.25, -0.2) is 0 Å². The Balaban J connectivity index is 1.86. The first-order valence-corrected chi connectivity index (χ1v) is 5.99. The van der Waals surface area contributed by atoms with E-state index in [0.717, 1.165) is 6.42 Å². The van der Waals surface area contributed by atoms with Gasteiger partial charge in [-0.3, -0.25) is 25.2 Å². The summed E-state index contributed by atoms with van der Waals surface area (Å²) in [4.78, 5) is 37.0. The molecular formula is C12H15N3O4. The monoisotopic (exact) mass is 265 g/mol. The standard InChI is InChI=1S/C12H15N3O4/c1-7(16)8-5-9(13-6-8)11(17)14-15-12(18)10-3-2-4-19-10/h5-6,10,13H,2-4H2,1H3,(H,14,17)(H,15,18). The van der Waals surface area contributed by atoms with E-state index in [2.05, 4.69) is 15.8 Å². The maximum absolute atomic E-state index is 11.7. The van der Waals surface area contributed by atoms with Gasteiger partial charge in [0.1, 0.15) is 11.8 Å². The van der Waals surface area contributed by atoms with Crippen LogP contribution in [-0.4, -0.2) is 35.3 Å². The van der Waals surface area contributed by atoms with Crippen molar-refractivity contribution < 1.29 is 19.1 Å². The quantitative estimate of drug-likeness (QED) is 0.535. The molecule has 0 spiro atoms. The van der Waals surface area contributed by atoms with Crippen molar-refractivity contribution in [3.05, 3.63) is 23.5 Å². The summed E-state index contributed by atoms with van der Waals surface area (Å²) in [5, 5.41) is 0. The number of hydrazine groups is 1. The minimum atomic E-state index is -0.515. The molecule has 2 heterocycles. The topological polar surface area (TPSA) is 100 Å². The van der Waals surface area contributed by atoms with Crippen LogP contribution < -0.4 is 10.9 Å². The number of rotatable bonds is 3. The predicted octanol–water partition coefficient (Wildman–Crippen LogP) is 0.157. The maximum atomic E-state index is 11.7. The number of aromatic amines is 1. The lowest BCUT2D eigenvalue weighted by Crippen LogP contribution is -2.46. The molecule has 2 amide bonds. The van der Waals surface area contributed by atoms with Crippen LogP contribution in [0.3, 0.4) is 0 Å². The molecule has 0 saturated carbocycles. The van der Waals surface area contributed by atoms with E-state index in [0.29, 0.717) is 18.6 Å². The van der Waals surface area contributed by atoms with Crippen molar-refractivity contribution in [3.8, 4) is 0 Å². The zero-order valence-corrected chi connectivity index (χ0v) is 10.5. The lowest BCUT2D eigenvalue weighted by Gasteiger charge is -2.10. The smallest absolute Gasteiger partial charge is 0.286 e. The molecule has 1 aliphatic heterocycles. The maximum Gasteiger partial charge on any atom is 0.286 e. The van der Waals surface area contributed by atoms with Gasteiger partial charge in [0.25, 0.3) is 11.8 Å². The van der Waals surface area contributed by atoms with Gasteiger partial charge >= 0.3 is 0 Å². The van der Waals surface area contributed by atoms with Crippen LogP contribution in [0, 0.1) is 0 Å². The summed E-state index contributed by atoms with van der Waals surface area (Å²) in [5.74, 6) is -1.03. The predicted molar refractivity (Wildman–Crippen MR) is 65.4 cm³/mol. The van der Waals surface area contributed by atoms with Crippen molar-refractivity contribution in [2.24, 2.45) is 0 Å². The normalized spacial score (nSPS) is 18.1. The number of H-pyrrole nitrogens is 1. The molecule has 1 saturated heterocycles. The van der Waals surface area contributed by atoms with Gasteiger partial charge in [-0.05, 0) is 25.8 Å². The average Bonchev–Trinajstić information content (AvgIpc) is 3.05. The molecular weight excluding hydrogens is 250 g/mol. The van der Waals surface area contributed by atoms with Crippen LogP contribution in [0.4, 0.5) is 0 Å². The number of aromatic nitrogens is 1. The van der Waals surface area contributed by atoms with E-state index >= 15 is 0 Å². The third-order valence-electron chi connectivity index (χ3n) is 2.86. The van der Waals surface area contributed by atoms with E-state index < -0.39 is 12.0 Å². The van der Waals surface area contributed by atoms with Gasteiger partial charge < -0.3 is 9.72 Å². The van der Waals surface area contributed by atoms with E-state index in [4.69, 9.17) is 4.74 Å². The van der Waals surface area contributed by atoms with Crippen molar-refractivity contribution in [2.45, 2.75) is 25.9 Å². The molecule has 0 bridgehead atoms. The highest BCUT2D eigenvalue weighted by atomic mass is 16.5. The molecule has 1 atom stereocenters. The first-order valence-electron chi connectivity index (χ1n) is 5.99. The van der Waals surface area contributed by atoms with Gasteiger partial charge in [-0.15, -0.1) is 0 Å². The lowest BCUT2D eigenvalue weighted by atomic mass is 10.2. The highest BCUT2D eigenvalue weighted by Crippen LogP contribution is 2.11. The molecule has 0 radical (unpaired) electrons. The number of amides is 2. The molecule has 102 valence electrons. The summed E-state index contributed by atoms with van der Waals surface area (Å²) in [6.45, 7) is 1.97. The fourth-order valence-corrected chi connectivity index (χ4v) is 1.78. The molecule has 1 aromatic rings. The summed E-state index contributed by atoms with van der Waals surface area (Å²) in [6.07, 6.45) is 2.43. The third-order valence-corrected chi connectivity index (χ3v) is 2.86. The number of ether oxygens (including phenoxy) is 1. The van der Waals surface area contributed by atoms with Gasteiger partial charge in [0, 0.05) is 18.4 Å². The van der Waals surface area contributed by atoms with Crippen molar-refractivity contribution in [1.82, 2.24) is 15.8 Å². The number of Topliss-reactive ketones (excluding diaryl/α,β-unsaturated/α-hetero) is 1. The van der Waals surface area contributed by atoms with Gasteiger partial charge in [0.05, 0.1) is 0 Å². The van der Waals surface area contributed by atoms with Crippen LogP contribution in [0.1, 0.15) is 40.6 Å². The van der Waals surface area contributed by atoms with E-state index in [1.807, 2.05) is 0 Å². The molecule has 1 fully saturated rings. The molecule has 1 unspecified atom stereocenters. The summed E-state index contributed by atoms with van der Waals surface area (Å²) >= 11 is 0. The van der Waals surface area contributed by atoms with Crippen LogP contribution in [0.2, 0.25) is 0 Å². The van der Waals surface area contributed by atoms with Crippen LogP contribution >= 0.6 is 0 Å². The first-order chi connectivity index (χ1) is 9.08. The molecule has 0 aliphatic carbocycles. The second-order valence-electron chi connectivity index (χ2n) is 4.30. The Labute approximate surface area is 109 Å². The van der Waals surface area contributed by atoms with Crippen LogP contribution in [-0.2, 0) is 9.53 Å². The van der Waals surface area contributed by atoms with E-state index in [-0.39, 0.29) is 17.4 Å². The molecule has 0 aromatic carbocycles. The molecule has 1 aromatic heterocycles.